The molecule has 50 heavy (non-hydrogen) atoms. The van der Waals surface area contributed by atoms with E-state index >= 15 is 0 Å². The molecule has 4 amide bonds. The van der Waals surface area contributed by atoms with Crippen molar-refractivity contribution in [2.45, 2.75) is 75.8 Å². The summed E-state index contributed by atoms with van der Waals surface area (Å²) in [5.74, 6) is -1.00. The molecule has 4 aliphatic rings. The lowest BCUT2D eigenvalue weighted by Crippen LogP contribution is -2.52. The van der Waals surface area contributed by atoms with Crippen molar-refractivity contribution in [1.82, 2.24) is 20.4 Å². The average Bonchev–Trinajstić information content (AvgIpc) is 3.83. The number of piperidine rings is 1. The van der Waals surface area contributed by atoms with Crippen molar-refractivity contribution in [3.8, 4) is 11.1 Å². The van der Waals surface area contributed by atoms with Gasteiger partial charge in [-0.3, -0.25) is 24.6 Å². The number of fused-ring (bicyclic) bond motifs is 4. The number of nitrogens with zero attached hydrogens (tertiary/aromatic N) is 2. The van der Waals surface area contributed by atoms with Crippen molar-refractivity contribution in [1.29, 1.82) is 0 Å². The lowest BCUT2D eigenvalue weighted by atomic mass is 9.98. The van der Waals surface area contributed by atoms with Crippen LogP contribution in [-0.2, 0) is 34.0 Å². The number of rotatable bonds is 9. The molecular formula is C41H40N4O5. The van der Waals surface area contributed by atoms with Gasteiger partial charge in [0.2, 0.25) is 11.8 Å². The summed E-state index contributed by atoms with van der Waals surface area (Å²) in [6, 6.07) is 31.9. The topological polar surface area (TPSA) is 108 Å². The minimum atomic E-state index is -0.677. The van der Waals surface area contributed by atoms with E-state index in [-0.39, 0.29) is 55.5 Å². The summed E-state index contributed by atoms with van der Waals surface area (Å²) in [5, 5.41) is 6.09. The second-order valence-electron chi connectivity index (χ2n) is 13.8. The van der Waals surface area contributed by atoms with Crippen LogP contribution in [-0.4, -0.2) is 58.3 Å². The Morgan fingerprint density at radius 1 is 0.820 bits per heavy atom. The fraction of sp³-hybridized carbons (Fsp3) is 0.317. The van der Waals surface area contributed by atoms with Gasteiger partial charge in [-0.15, -0.1) is 0 Å². The number of carbonyl (C=O) groups excluding carboxylic acids is 4. The Bertz CT molecular complexity index is 1920. The summed E-state index contributed by atoms with van der Waals surface area (Å²) in [4.78, 5) is 55.4. The van der Waals surface area contributed by atoms with Crippen LogP contribution in [0.3, 0.4) is 0 Å². The van der Waals surface area contributed by atoms with Crippen molar-refractivity contribution in [2.24, 2.45) is 0 Å². The Morgan fingerprint density at radius 3 is 2.28 bits per heavy atom. The minimum Gasteiger partial charge on any atom is -0.448 e. The molecule has 2 aliphatic heterocycles. The third-order valence-electron chi connectivity index (χ3n) is 10.8. The van der Waals surface area contributed by atoms with Gasteiger partial charge in [0.15, 0.2) is 0 Å². The molecule has 0 radical (unpaired) electrons. The molecule has 254 valence electrons. The lowest BCUT2D eigenvalue weighted by molar-refractivity contribution is -0.136. The summed E-state index contributed by atoms with van der Waals surface area (Å²) in [6.45, 7) is 1.55. The third-order valence-corrected chi connectivity index (χ3v) is 10.8. The summed E-state index contributed by atoms with van der Waals surface area (Å²) in [6.07, 6.45) is 2.95. The molecule has 2 fully saturated rings. The highest BCUT2D eigenvalue weighted by molar-refractivity contribution is 6.05. The molecule has 0 spiro atoms. The second-order valence-corrected chi connectivity index (χ2v) is 13.8. The highest BCUT2D eigenvalue weighted by Gasteiger charge is 2.40. The zero-order valence-electron chi connectivity index (χ0n) is 27.8. The van der Waals surface area contributed by atoms with Crippen LogP contribution in [0.25, 0.3) is 11.1 Å². The average molecular weight is 669 g/mol. The van der Waals surface area contributed by atoms with Gasteiger partial charge in [0, 0.05) is 43.6 Å². The van der Waals surface area contributed by atoms with E-state index in [4.69, 9.17) is 4.74 Å². The molecule has 2 heterocycles. The first kappa shape index (κ1) is 32.0. The molecule has 1 saturated carbocycles. The molecule has 8 rings (SSSR count). The van der Waals surface area contributed by atoms with Gasteiger partial charge < -0.3 is 15.0 Å². The van der Waals surface area contributed by atoms with E-state index in [9.17, 15) is 19.2 Å². The monoisotopic (exact) mass is 668 g/mol. The lowest BCUT2D eigenvalue weighted by Gasteiger charge is -2.33. The maximum atomic E-state index is 14.3. The molecule has 3 atom stereocenters. The first-order valence-corrected chi connectivity index (χ1v) is 17.6. The fourth-order valence-corrected chi connectivity index (χ4v) is 8.31. The summed E-state index contributed by atoms with van der Waals surface area (Å²) >= 11 is 0. The van der Waals surface area contributed by atoms with Gasteiger partial charge >= 0.3 is 6.09 Å². The van der Waals surface area contributed by atoms with Crippen molar-refractivity contribution >= 4 is 23.8 Å². The Morgan fingerprint density at radius 2 is 1.54 bits per heavy atom. The van der Waals surface area contributed by atoms with Gasteiger partial charge in [-0.2, -0.15) is 0 Å². The maximum Gasteiger partial charge on any atom is 0.410 e. The summed E-state index contributed by atoms with van der Waals surface area (Å²) < 4.78 is 6.25. The predicted molar refractivity (Wildman–Crippen MR) is 188 cm³/mol. The first-order valence-electron chi connectivity index (χ1n) is 17.6. The first-order chi connectivity index (χ1) is 24.4. The summed E-state index contributed by atoms with van der Waals surface area (Å²) in [5.41, 5.74) is 8.14. The minimum absolute atomic E-state index is 0.0481. The van der Waals surface area contributed by atoms with Gasteiger partial charge in [0.1, 0.15) is 12.6 Å². The maximum absolute atomic E-state index is 14.3. The smallest absolute Gasteiger partial charge is 0.410 e. The molecule has 9 heteroatoms. The van der Waals surface area contributed by atoms with Crippen LogP contribution >= 0.6 is 0 Å². The Kier molecular flexibility index (Phi) is 8.66. The van der Waals surface area contributed by atoms with Gasteiger partial charge in [-0.05, 0) is 70.7 Å². The predicted octanol–water partition coefficient (Wildman–Crippen LogP) is 5.91. The van der Waals surface area contributed by atoms with E-state index in [1.165, 1.54) is 27.8 Å². The molecule has 2 N–H and O–H groups in total. The Labute approximate surface area is 291 Å². The highest BCUT2D eigenvalue weighted by atomic mass is 16.6. The van der Waals surface area contributed by atoms with E-state index in [2.05, 4.69) is 47.0 Å². The molecule has 9 nitrogen and oxygen atoms in total. The molecule has 1 saturated heterocycles. The van der Waals surface area contributed by atoms with Crippen molar-refractivity contribution in [2.75, 3.05) is 6.61 Å². The molecule has 1 unspecified atom stereocenters. The van der Waals surface area contributed by atoms with Crippen LogP contribution < -0.4 is 10.6 Å². The fourth-order valence-electron chi connectivity index (χ4n) is 8.31. The number of hydrogen-bond acceptors (Lipinski definition) is 6. The van der Waals surface area contributed by atoms with E-state index < -0.39 is 11.9 Å². The van der Waals surface area contributed by atoms with Gasteiger partial charge in [0.05, 0.1) is 6.04 Å². The summed E-state index contributed by atoms with van der Waals surface area (Å²) in [7, 11) is 0. The van der Waals surface area contributed by atoms with Crippen LogP contribution in [0.15, 0.2) is 97.1 Å². The normalized spacial score (nSPS) is 21.1. The van der Waals surface area contributed by atoms with E-state index in [0.29, 0.717) is 25.1 Å². The highest BCUT2D eigenvalue weighted by Crippen LogP contribution is 2.44. The Balaban J connectivity index is 1.03. The SMILES string of the molecule is O=C1CCC(N2Cc3cc(CN(C(=O)OCC4c5ccccc5-c5ccccc54)[C@H]4CCC[C@@H]4NCc4ccccc4)ccc3C2=O)C(=O)N1. The third kappa shape index (κ3) is 6.07. The Hall–Kier alpha value is -5.28. The molecular weight excluding hydrogens is 628 g/mol. The van der Waals surface area contributed by atoms with Gasteiger partial charge in [0.25, 0.3) is 5.91 Å². The number of imide groups is 1. The number of benzene rings is 4. The molecule has 4 aromatic carbocycles. The standard InChI is InChI=1S/C41H40N4O5/c46-38-20-19-37(39(47)43-38)44-24-28-21-27(17-18-29(28)40(44)48)23-45(36-16-8-15-35(36)42-22-26-9-2-1-3-10-26)41(49)50-25-34-32-13-6-4-11-30(32)31-12-5-7-14-33(31)34/h1-7,9-14,17-18,21,34-37,42H,8,15-16,19-20,22-25H2,(H,43,46,47)/t35-,36-,37?/m0/s1. The number of hydrogen-bond donors (Lipinski definition) is 2. The quantitative estimate of drug-likeness (QED) is 0.215. The van der Waals surface area contributed by atoms with E-state index in [0.717, 1.165) is 30.4 Å². The number of carbonyl (C=O) groups is 4. The van der Waals surface area contributed by atoms with Crippen molar-refractivity contribution in [3.05, 3.63) is 130 Å². The van der Waals surface area contributed by atoms with Crippen LogP contribution in [0.5, 0.6) is 0 Å². The van der Waals surface area contributed by atoms with Crippen molar-refractivity contribution in [3.63, 3.8) is 0 Å². The number of amides is 4. The van der Waals surface area contributed by atoms with E-state index in [1.54, 1.807) is 11.0 Å². The zero-order chi connectivity index (χ0) is 34.2. The molecule has 4 aromatic rings. The van der Waals surface area contributed by atoms with Crippen LogP contribution in [0.1, 0.15) is 76.2 Å². The molecule has 0 aromatic heterocycles. The van der Waals surface area contributed by atoms with Crippen LogP contribution in [0, 0.1) is 0 Å². The number of nitrogens with one attached hydrogen (secondary N) is 2. The molecule has 0 bridgehead atoms. The van der Waals surface area contributed by atoms with Gasteiger partial charge in [-0.1, -0.05) is 91.0 Å². The largest absolute Gasteiger partial charge is 0.448 e. The van der Waals surface area contributed by atoms with Crippen LogP contribution in [0.2, 0.25) is 0 Å². The zero-order valence-corrected chi connectivity index (χ0v) is 27.8. The second kappa shape index (κ2) is 13.6. The molecule has 2 aliphatic carbocycles. The van der Waals surface area contributed by atoms with E-state index in [1.807, 2.05) is 59.5 Å². The number of ether oxygens (including phenoxy) is 1. The van der Waals surface area contributed by atoms with Gasteiger partial charge in [-0.25, -0.2) is 4.79 Å². The van der Waals surface area contributed by atoms with Crippen LogP contribution in [0.4, 0.5) is 4.79 Å². The van der Waals surface area contributed by atoms with Crippen molar-refractivity contribution < 1.29 is 23.9 Å².